The minimum absolute atomic E-state index is 0.148. The van der Waals surface area contributed by atoms with Crippen LogP contribution < -0.4 is 5.73 Å². The molecule has 1 aliphatic heterocycles. The van der Waals surface area contributed by atoms with E-state index < -0.39 is 0 Å². The maximum atomic E-state index is 6.50. The van der Waals surface area contributed by atoms with Crippen molar-refractivity contribution in [2.45, 2.75) is 69.9 Å². The second kappa shape index (κ2) is 6.88. The molecule has 1 aliphatic carbocycles. The monoisotopic (exact) mass is 254 g/mol. The van der Waals surface area contributed by atoms with E-state index in [0.29, 0.717) is 6.10 Å². The molecule has 0 atom stereocenters. The SMILES string of the molecule is CCOC1CCN(CCC2(N)CCCCC2)CC1. The molecular weight excluding hydrogens is 224 g/mol. The zero-order chi connectivity index (χ0) is 12.8. The lowest BCUT2D eigenvalue weighted by Crippen LogP contribution is -2.46. The van der Waals surface area contributed by atoms with Gasteiger partial charge in [0.2, 0.25) is 0 Å². The van der Waals surface area contributed by atoms with Crippen LogP contribution in [0, 0.1) is 0 Å². The predicted octanol–water partition coefficient (Wildman–Crippen LogP) is 2.54. The third kappa shape index (κ3) is 4.22. The highest BCUT2D eigenvalue weighted by Gasteiger charge is 2.28. The largest absolute Gasteiger partial charge is 0.378 e. The lowest BCUT2D eigenvalue weighted by molar-refractivity contribution is 0.0124. The second-order valence-electron chi connectivity index (χ2n) is 6.17. The fourth-order valence-electron chi connectivity index (χ4n) is 3.42. The van der Waals surface area contributed by atoms with Gasteiger partial charge in [0.15, 0.2) is 0 Å². The van der Waals surface area contributed by atoms with Crippen molar-refractivity contribution in [1.29, 1.82) is 0 Å². The number of hydrogen-bond donors (Lipinski definition) is 1. The van der Waals surface area contributed by atoms with Gasteiger partial charge in [-0.05, 0) is 45.6 Å². The minimum Gasteiger partial charge on any atom is -0.378 e. The first-order valence-electron chi connectivity index (χ1n) is 7.85. The molecule has 0 amide bonds. The molecule has 1 saturated heterocycles. The summed E-state index contributed by atoms with van der Waals surface area (Å²) < 4.78 is 5.69. The van der Waals surface area contributed by atoms with Gasteiger partial charge < -0.3 is 15.4 Å². The highest BCUT2D eigenvalue weighted by molar-refractivity contribution is 4.88. The first-order chi connectivity index (χ1) is 8.72. The van der Waals surface area contributed by atoms with Crippen LogP contribution in [0.2, 0.25) is 0 Å². The molecule has 0 bridgehead atoms. The summed E-state index contributed by atoms with van der Waals surface area (Å²) in [5, 5.41) is 0. The zero-order valence-electron chi connectivity index (χ0n) is 12.0. The zero-order valence-corrected chi connectivity index (χ0v) is 12.0. The molecule has 1 heterocycles. The van der Waals surface area contributed by atoms with Crippen LogP contribution in [0.4, 0.5) is 0 Å². The highest BCUT2D eigenvalue weighted by Crippen LogP contribution is 2.29. The summed E-state index contributed by atoms with van der Waals surface area (Å²) >= 11 is 0. The molecule has 18 heavy (non-hydrogen) atoms. The first-order valence-corrected chi connectivity index (χ1v) is 7.85. The Morgan fingerprint density at radius 3 is 2.44 bits per heavy atom. The van der Waals surface area contributed by atoms with E-state index in [1.165, 1.54) is 71.0 Å². The van der Waals surface area contributed by atoms with E-state index >= 15 is 0 Å². The minimum atomic E-state index is 0.148. The summed E-state index contributed by atoms with van der Waals surface area (Å²) in [6, 6.07) is 0. The van der Waals surface area contributed by atoms with Crippen LogP contribution in [-0.4, -0.2) is 42.8 Å². The molecule has 3 nitrogen and oxygen atoms in total. The van der Waals surface area contributed by atoms with Gasteiger partial charge in [-0.25, -0.2) is 0 Å². The van der Waals surface area contributed by atoms with Crippen molar-refractivity contribution in [3.05, 3.63) is 0 Å². The number of ether oxygens (including phenoxy) is 1. The lowest BCUT2D eigenvalue weighted by atomic mass is 9.80. The molecule has 0 aromatic carbocycles. The lowest BCUT2D eigenvalue weighted by Gasteiger charge is -2.37. The standard InChI is InChI=1S/C15H30N2O/c1-2-18-14-6-11-17(12-7-14)13-10-15(16)8-4-3-5-9-15/h14H,2-13,16H2,1H3. The maximum Gasteiger partial charge on any atom is 0.0599 e. The molecular formula is C15H30N2O. The molecule has 0 aromatic heterocycles. The molecule has 0 aromatic rings. The van der Waals surface area contributed by atoms with Gasteiger partial charge in [0.1, 0.15) is 0 Å². The third-order valence-corrected chi connectivity index (χ3v) is 4.71. The van der Waals surface area contributed by atoms with Gasteiger partial charge in [0, 0.05) is 25.2 Å². The smallest absolute Gasteiger partial charge is 0.0599 e. The number of nitrogens with two attached hydrogens (primary N) is 1. The van der Waals surface area contributed by atoms with Crippen LogP contribution in [-0.2, 0) is 4.74 Å². The number of rotatable bonds is 5. The van der Waals surface area contributed by atoms with E-state index in [-0.39, 0.29) is 5.54 Å². The Bertz CT molecular complexity index is 231. The molecule has 3 heteroatoms. The van der Waals surface area contributed by atoms with Crippen molar-refractivity contribution in [1.82, 2.24) is 4.90 Å². The quantitative estimate of drug-likeness (QED) is 0.819. The number of hydrogen-bond acceptors (Lipinski definition) is 3. The first kappa shape index (κ1) is 14.3. The van der Waals surface area contributed by atoms with Crippen molar-refractivity contribution in [2.24, 2.45) is 5.73 Å². The van der Waals surface area contributed by atoms with E-state index in [4.69, 9.17) is 10.5 Å². The van der Waals surface area contributed by atoms with Crippen molar-refractivity contribution < 1.29 is 4.74 Å². The van der Waals surface area contributed by atoms with Gasteiger partial charge in [-0.1, -0.05) is 19.3 Å². The van der Waals surface area contributed by atoms with Gasteiger partial charge in [-0.15, -0.1) is 0 Å². The van der Waals surface area contributed by atoms with Gasteiger partial charge in [0.25, 0.3) is 0 Å². The van der Waals surface area contributed by atoms with Gasteiger partial charge in [-0.2, -0.15) is 0 Å². The molecule has 2 N–H and O–H groups in total. The number of nitrogens with zero attached hydrogens (tertiary/aromatic N) is 1. The van der Waals surface area contributed by atoms with Crippen molar-refractivity contribution in [3.63, 3.8) is 0 Å². The maximum absolute atomic E-state index is 6.50. The third-order valence-electron chi connectivity index (χ3n) is 4.71. The van der Waals surface area contributed by atoms with Crippen molar-refractivity contribution in [3.8, 4) is 0 Å². The van der Waals surface area contributed by atoms with E-state index in [1.807, 2.05) is 0 Å². The highest BCUT2D eigenvalue weighted by atomic mass is 16.5. The van der Waals surface area contributed by atoms with Gasteiger partial charge >= 0.3 is 0 Å². The fourth-order valence-corrected chi connectivity index (χ4v) is 3.42. The van der Waals surface area contributed by atoms with Gasteiger partial charge in [-0.3, -0.25) is 0 Å². The average Bonchev–Trinajstić information content (AvgIpc) is 2.39. The molecule has 0 unspecified atom stereocenters. The predicted molar refractivity (Wildman–Crippen MR) is 75.7 cm³/mol. The summed E-state index contributed by atoms with van der Waals surface area (Å²) in [5.74, 6) is 0. The Balaban J connectivity index is 1.65. The number of piperidine rings is 1. The van der Waals surface area contributed by atoms with Crippen LogP contribution in [0.25, 0.3) is 0 Å². The Hall–Kier alpha value is -0.120. The topological polar surface area (TPSA) is 38.5 Å². The van der Waals surface area contributed by atoms with Crippen LogP contribution in [0.5, 0.6) is 0 Å². The van der Waals surface area contributed by atoms with E-state index in [9.17, 15) is 0 Å². The molecule has 106 valence electrons. The average molecular weight is 254 g/mol. The second-order valence-corrected chi connectivity index (χ2v) is 6.17. The summed E-state index contributed by atoms with van der Waals surface area (Å²) in [6.07, 6.45) is 10.6. The summed E-state index contributed by atoms with van der Waals surface area (Å²) in [4.78, 5) is 2.58. The summed E-state index contributed by atoms with van der Waals surface area (Å²) in [6.45, 7) is 6.53. The summed E-state index contributed by atoms with van der Waals surface area (Å²) in [7, 11) is 0. The van der Waals surface area contributed by atoms with E-state index in [0.717, 1.165) is 6.61 Å². The molecule has 2 fully saturated rings. The van der Waals surface area contributed by atoms with Gasteiger partial charge in [0.05, 0.1) is 6.10 Å². The Morgan fingerprint density at radius 2 is 1.83 bits per heavy atom. The molecule has 2 aliphatic rings. The van der Waals surface area contributed by atoms with Crippen LogP contribution >= 0.6 is 0 Å². The van der Waals surface area contributed by atoms with E-state index in [1.54, 1.807) is 0 Å². The van der Waals surface area contributed by atoms with Crippen molar-refractivity contribution in [2.75, 3.05) is 26.2 Å². The van der Waals surface area contributed by atoms with Crippen LogP contribution in [0.15, 0.2) is 0 Å². The Kier molecular flexibility index (Phi) is 5.46. The molecule has 0 spiro atoms. The fraction of sp³-hybridized carbons (Fsp3) is 1.00. The summed E-state index contributed by atoms with van der Waals surface area (Å²) in [5.41, 5.74) is 6.65. The van der Waals surface area contributed by atoms with E-state index in [2.05, 4.69) is 11.8 Å². The van der Waals surface area contributed by atoms with Crippen molar-refractivity contribution >= 4 is 0 Å². The Morgan fingerprint density at radius 1 is 1.17 bits per heavy atom. The number of likely N-dealkylation sites (tertiary alicyclic amines) is 1. The molecule has 0 radical (unpaired) electrons. The normalized spacial score (nSPS) is 26.3. The molecule has 2 rings (SSSR count). The van der Waals surface area contributed by atoms with Crippen LogP contribution in [0.3, 0.4) is 0 Å². The van der Waals surface area contributed by atoms with Crippen LogP contribution in [0.1, 0.15) is 58.3 Å². The Labute approximate surface area is 112 Å². The molecule has 1 saturated carbocycles.